The number of hydrogen-bond acceptors (Lipinski definition) is 4. The predicted octanol–water partition coefficient (Wildman–Crippen LogP) is 0.176. The van der Waals surface area contributed by atoms with Crippen LogP contribution >= 0.6 is 0 Å². The van der Waals surface area contributed by atoms with Crippen LogP contribution in [0.3, 0.4) is 0 Å². The van der Waals surface area contributed by atoms with Crippen LogP contribution < -0.4 is 0 Å². The molecular formula is C16H24N4O3. The lowest BCUT2D eigenvalue weighted by molar-refractivity contribution is -0.146. The molecule has 2 aliphatic rings. The molecule has 0 bridgehead atoms. The second kappa shape index (κ2) is 6.70. The fourth-order valence-corrected chi connectivity index (χ4v) is 3.77. The van der Waals surface area contributed by atoms with Crippen molar-refractivity contribution in [3.8, 4) is 0 Å². The van der Waals surface area contributed by atoms with E-state index >= 15 is 0 Å². The van der Waals surface area contributed by atoms with E-state index in [0.29, 0.717) is 32.5 Å². The third kappa shape index (κ3) is 3.24. The number of nitrogens with one attached hydrogen (secondary N) is 1. The van der Waals surface area contributed by atoms with Crippen molar-refractivity contribution in [1.29, 1.82) is 0 Å². The molecule has 126 valence electrons. The summed E-state index contributed by atoms with van der Waals surface area (Å²) in [5.74, 6) is 0.220. The van der Waals surface area contributed by atoms with E-state index in [0.717, 1.165) is 31.4 Å². The van der Waals surface area contributed by atoms with E-state index < -0.39 is 5.41 Å². The van der Waals surface area contributed by atoms with Gasteiger partial charge in [0.2, 0.25) is 11.8 Å². The summed E-state index contributed by atoms with van der Waals surface area (Å²) >= 11 is 0. The van der Waals surface area contributed by atoms with Gasteiger partial charge in [-0.15, -0.1) is 0 Å². The lowest BCUT2D eigenvalue weighted by Crippen LogP contribution is -2.51. The normalized spacial score (nSPS) is 24.7. The van der Waals surface area contributed by atoms with Gasteiger partial charge in [0.25, 0.3) is 0 Å². The highest BCUT2D eigenvalue weighted by atomic mass is 16.3. The molecule has 2 fully saturated rings. The summed E-state index contributed by atoms with van der Waals surface area (Å²) in [5.41, 5.74) is 0.605. The number of likely N-dealkylation sites (tertiary alicyclic amines) is 2. The number of amides is 2. The maximum atomic E-state index is 12.7. The van der Waals surface area contributed by atoms with Gasteiger partial charge in [0.15, 0.2) is 0 Å². The van der Waals surface area contributed by atoms with Crippen molar-refractivity contribution in [3.05, 3.63) is 18.0 Å². The Kier molecular flexibility index (Phi) is 4.66. The zero-order valence-electron chi connectivity index (χ0n) is 13.3. The second-order valence-corrected chi connectivity index (χ2v) is 6.57. The number of rotatable bonds is 5. The molecule has 7 heteroatoms. The molecule has 1 aromatic rings. The standard InChI is InChI=1S/C16H24N4O3/c21-9-8-19-6-1-4-16(15(19)23)5-7-20(12-16)14(22)3-2-13-10-17-18-11-13/h10-11,21H,1-9,12H2,(H,17,18)/t16-/m1/s1. The number of H-pyrrole nitrogens is 1. The van der Waals surface area contributed by atoms with Crippen molar-refractivity contribution >= 4 is 11.8 Å². The molecule has 2 N–H and O–H groups in total. The van der Waals surface area contributed by atoms with Crippen LogP contribution in [0.15, 0.2) is 12.4 Å². The van der Waals surface area contributed by atoms with E-state index in [4.69, 9.17) is 5.11 Å². The maximum Gasteiger partial charge on any atom is 0.230 e. The largest absolute Gasteiger partial charge is 0.395 e. The van der Waals surface area contributed by atoms with Gasteiger partial charge in [-0.25, -0.2) is 0 Å². The summed E-state index contributed by atoms with van der Waals surface area (Å²) in [5, 5.41) is 15.7. The Labute approximate surface area is 135 Å². The maximum absolute atomic E-state index is 12.7. The van der Waals surface area contributed by atoms with Gasteiger partial charge in [0.1, 0.15) is 0 Å². The number of β-amino-alcohol motifs (C(OH)–C–C–N with tert-alkyl or cyclic N) is 1. The first kappa shape index (κ1) is 16.0. The molecule has 2 amide bonds. The van der Waals surface area contributed by atoms with E-state index in [1.165, 1.54) is 0 Å². The van der Waals surface area contributed by atoms with E-state index in [-0.39, 0.29) is 18.4 Å². The third-order valence-corrected chi connectivity index (χ3v) is 5.08. The van der Waals surface area contributed by atoms with Gasteiger partial charge in [-0.05, 0) is 31.2 Å². The molecule has 0 aliphatic carbocycles. The van der Waals surface area contributed by atoms with Crippen molar-refractivity contribution in [2.24, 2.45) is 5.41 Å². The number of aliphatic hydroxyl groups is 1. The molecule has 2 saturated heterocycles. The Morgan fingerprint density at radius 2 is 2.26 bits per heavy atom. The lowest BCUT2D eigenvalue weighted by Gasteiger charge is -2.39. The first-order valence-corrected chi connectivity index (χ1v) is 8.30. The summed E-state index contributed by atoms with van der Waals surface area (Å²) in [6.07, 6.45) is 7.19. The Morgan fingerprint density at radius 1 is 1.39 bits per heavy atom. The van der Waals surface area contributed by atoms with Crippen molar-refractivity contribution in [2.75, 3.05) is 32.8 Å². The molecule has 2 aliphatic heterocycles. The number of aromatic amines is 1. The summed E-state index contributed by atoms with van der Waals surface area (Å²) in [6, 6.07) is 0. The first-order valence-electron chi connectivity index (χ1n) is 8.30. The molecule has 1 aromatic heterocycles. The van der Waals surface area contributed by atoms with Crippen LogP contribution in [-0.2, 0) is 16.0 Å². The minimum atomic E-state index is -0.418. The third-order valence-electron chi connectivity index (χ3n) is 5.08. The fraction of sp³-hybridized carbons (Fsp3) is 0.688. The molecule has 7 nitrogen and oxygen atoms in total. The number of aliphatic hydroxyl groups excluding tert-OH is 1. The molecule has 3 heterocycles. The first-order chi connectivity index (χ1) is 11.1. The number of hydrogen-bond donors (Lipinski definition) is 2. The molecular weight excluding hydrogens is 296 g/mol. The van der Waals surface area contributed by atoms with Crippen LogP contribution in [0.25, 0.3) is 0 Å². The van der Waals surface area contributed by atoms with Gasteiger partial charge in [0, 0.05) is 38.8 Å². The van der Waals surface area contributed by atoms with Gasteiger partial charge in [-0.2, -0.15) is 5.10 Å². The van der Waals surface area contributed by atoms with Crippen molar-refractivity contribution < 1.29 is 14.7 Å². The predicted molar refractivity (Wildman–Crippen MR) is 83.4 cm³/mol. The molecule has 1 atom stereocenters. The zero-order valence-corrected chi connectivity index (χ0v) is 13.3. The van der Waals surface area contributed by atoms with Gasteiger partial charge < -0.3 is 14.9 Å². The minimum absolute atomic E-state index is 0.00480. The van der Waals surface area contributed by atoms with Crippen LogP contribution in [-0.4, -0.2) is 69.7 Å². The van der Waals surface area contributed by atoms with Crippen LogP contribution in [0.2, 0.25) is 0 Å². The van der Waals surface area contributed by atoms with E-state index in [2.05, 4.69) is 10.2 Å². The Hall–Kier alpha value is -1.89. The number of aryl methyl sites for hydroxylation is 1. The number of carbonyl (C=O) groups is 2. The Morgan fingerprint density at radius 3 is 3.00 bits per heavy atom. The topological polar surface area (TPSA) is 89.5 Å². The van der Waals surface area contributed by atoms with Gasteiger partial charge in [0.05, 0.1) is 18.2 Å². The summed E-state index contributed by atoms with van der Waals surface area (Å²) in [6.45, 7) is 2.29. The SMILES string of the molecule is O=C(CCc1cn[nH]c1)N1CC[C@]2(CCCN(CCO)C2=O)C1. The van der Waals surface area contributed by atoms with Gasteiger partial charge in [-0.3, -0.25) is 14.7 Å². The highest BCUT2D eigenvalue weighted by molar-refractivity contribution is 5.86. The molecule has 0 radical (unpaired) electrons. The molecule has 0 saturated carbocycles. The molecule has 23 heavy (non-hydrogen) atoms. The van der Waals surface area contributed by atoms with E-state index in [1.54, 1.807) is 17.3 Å². The molecule has 3 rings (SSSR count). The molecule has 1 spiro atoms. The number of carbonyl (C=O) groups excluding carboxylic acids is 2. The average Bonchev–Trinajstić information content (AvgIpc) is 3.21. The minimum Gasteiger partial charge on any atom is -0.395 e. The number of nitrogens with zero attached hydrogens (tertiary/aromatic N) is 3. The lowest BCUT2D eigenvalue weighted by atomic mass is 9.78. The van der Waals surface area contributed by atoms with Crippen molar-refractivity contribution in [3.63, 3.8) is 0 Å². The number of piperidine rings is 1. The van der Waals surface area contributed by atoms with Gasteiger partial charge >= 0.3 is 0 Å². The summed E-state index contributed by atoms with van der Waals surface area (Å²) in [7, 11) is 0. The van der Waals surface area contributed by atoms with Gasteiger partial charge in [-0.1, -0.05) is 0 Å². The fourth-order valence-electron chi connectivity index (χ4n) is 3.77. The highest BCUT2D eigenvalue weighted by Gasteiger charge is 2.49. The molecule has 0 aromatic carbocycles. The number of aromatic nitrogens is 2. The smallest absolute Gasteiger partial charge is 0.230 e. The van der Waals surface area contributed by atoms with E-state index in [9.17, 15) is 9.59 Å². The highest BCUT2D eigenvalue weighted by Crippen LogP contribution is 2.40. The summed E-state index contributed by atoms with van der Waals surface area (Å²) in [4.78, 5) is 28.7. The Balaban J connectivity index is 1.58. The zero-order chi connectivity index (χ0) is 16.3. The average molecular weight is 320 g/mol. The second-order valence-electron chi connectivity index (χ2n) is 6.57. The van der Waals surface area contributed by atoms with E-state index in [1.807, 2.05) is 4.90 Å². The molecule has 0 unspecified atom stereocenters. The van der Waals surface area contributed by atoms with Crippen LogP contribution in [0.5, 0.6) is 0 Å². The van der Waals surface area contributed by atoms with Crippen LogP contribution in [0.1, 0.15) is 31.2 Å². The van der Waals surface area contributed by atoms with Crippen LogP contribution in [0, 0.1) is 5.41 Å². The monoisotopic (exact) mass is 320 g/mol. The van der Waals surface area contributed by atoms with Crippen LogP contribution in [0.4, 0.5) is 0 Å². The quantitative estimate of drug-likeness (QED) is 0.810. The summed E-state index contributed by atoms with van der Waals surface area (Å²) < 4.78 is 0. The van der Waals surface area contributed by atoms with Crippen molar-refractivity contribution in [2.45, 2.75) is 32.1 Å². The van der Waals surface area contributed by atoms with Crippen molar-refractivity contribution in [1.82, 2.24) is 20.0 Å². The Bertz CT molecular complexity index is 558.